The Balaban J connectivity index is 1.71. The van der Waals surface area contributed by atoms with Gasteiger partial charge >= 0.3 is 5.97 Å². The van der Waals surface area contributed by atoms with Gasteiger partial charge in [-0.1, -0.05) is 24.3 Å². The number of hydrogen-bond acceptors (Lipinski definition) is 7. The number of para-hydroxylation sites is 1. The van der Waals surface area contributed by atoms with Gasteiger partial charge < -0.3 is 18.8 Å². The van der Waals surface area contributed by atoms with Crippen LogP contribution in [0, 0.1) is 0 Å². The number of hydrogen-bond donors (Lipinski definition) is 0. The second kappa shape index (κ2) is 7.18. The number of furan rings is 1. The van der Waals surface area contributed by atoms with Gasteiger partial charge in [-0.25, -0.2) is 9.97 Å². The number of rotatable bonds is 3. The summed E-state index contributed by atoms with van der Waals surface area (Å²) < 4.78 is 16.8. The maximum Gasteiger partial charge on any atom is 0.308 e. The summed E-state index contributed by atoms with van der Waals surface area (Å²) in [5.41, 5.74) is 2.99. The van der Waals surface area contributed by atoms with Gasteiger partial charge in [0, 0.05) is 31.0 Å². The fourth-order valence-electron chi connectivity index (χ4n) is 3.56. The molecule has 0 atom stereocenters. The third-order valence-electron chi connectivity index (χ3n) is 4.87. The van der Waals surface area contributed by atoms with Gasteiger partial charge in [-0.3, -0.25) is 4.79 Å². The quantitative estimate of drug-likeness (QED) is 0.389. The standard InChI is InChI=1S/C22H19N3O4/c1-14(26)28-16-6-4-5-15(13-16)21-23-19-17-7-2-3-8-18(17)29-20(19)22(24-21)25-9-11-27-12-10-25/h2-8,13H,9-12H2,1H3. The predicted octanol–water partition coefficient (Wildman–Crippen LogP) is 3.80. The molecule has 0 amide bonds. The summed E-state index contributed by atoms with van der Waals surface area (Å²) in [7, 11) is 0. The first kappa shape index (κ1) is 17.6. The maximum absolute atomic E-state index is 11.3. The summed E-state index contributed by atoms with van der Waals surface area (Å²) in [4.78, 5) is 23.1. The van der Waals surface area contributed by atoms with E-state index in [0.29, 0.717) is 30.4 Å². The van der Waals surface area contributed by atoms with Crippen molar-refractivity contribution in [1.29, 1.82) is 0 Å². The first-order chi connectivity index (χ1) is 14.2. The lowest BCUT2D eigenvalue weighted by molar-refractivity contribution is -0.131. The number of ether oxygens (including phenoxy) is 2. The van der Waals surface area contributed by atoms with Gasteiger partial charge in [0.05, 0.1) is 13.2 Å². The number of carbonyl (C=O) groups is 1. The second-order valence-electron chi connectivity index (χ2n) is 6.87. The normalized spacial score (nSPS) is 14.4. The molecule has 1 aliphatic rings. The fraction of sp³-hybridized carbons (Fsp3) is 0.227. The van der Waals surface area contributed by atoms with Gasteiger partial charge in [0.25, 0.3) is 0 Å². The van der Waals surface area contributed by atoms with Crippen molar-refractivity contribution in [3.05, 3.63) is 48.5 Å². The van der Waals surface area contributed by atoms with E-state index >= 15 is 0 Å². The highest BCUT2D eigenvalue weighted by Gasteiger charge is 2.22. The van der Waals surface area contributed by atoms with E-state index in [4.69, 9.17) is 23.9 Å². The van der Waals surface area contributed by atoms with Crippen LogP contribution in [0.5, 0.6) is 5.75 Å². The number of esters is 1. The Morgan fingerprint density at radius 2 is 1.90 bits per heavy atom. The molecule has 4 aromatic rings. The van der Waals surface area contributed by atoms with E-state index in [-0.39, 0.29) is 5.97 Å². The highest BCUT2D eigenvalue weighted by Crippen LogP contribution is 2.35. The van der Waals surface area contributed by atoms with Crippen LogP contribution in [0.25, 0.3) is 33.5 Å². The van der Waals surface area contributed by atoms with E-state index in [9.17, 15) is 4.79 Å². The summed E-state index contributed by atoms with van der Waals surface area (Å²) in [5.74, 6) is 1.40. The SMILES string of the molecule is CC(=O)Oc1cccc(-c2nc(N3CCOCC3)c3oc4ccccc4c3n2)c1. The highest BCUT2D eigenvalue weighted by molar-refractivity contribution is 6.06. The van der Waals surface area contributed by atoms with Crippen molar-refractivity contribution >= 4 is 33.9 Å². The molecule has 0 spiro atoms. The zero-order chi connectivity index (χ0) is 19.8. The average molecular weight is 389 g/mol. The summed E-state index contributed by atoms with van der Waals surface area (Å²) in [6, 6.07) is 15.1. The first-order valence-corrected chi connectivity index (χ1v) is 9.50. The molecule has 7 heteroatoms. The molecule has 0 unspecified atom stereocenters. The number of morpholine rings is 1. The van der Waals surface area contributed by atoms with E-state index in [2.05, 4.69) is 4.90 Å². The van der Waals surface area contributed by atoms with Crippen molar-refractivity contribution in [3.63, 3.8) is 0 Å². The third-order valence-corrected chi connectivity index (χ3v) is 4.87. The lowest BCUT2D eigenvalue weighted by Crippen LogP contribution is -2.37. The van der Waals surface area contributed by atoms with Gasteiger partial charge in [-0.05, 0) is 24.3 Å². The average Bonchev–Trinajstić information content (AvgIpc) is 3.12. The number of nitrogens with zero attached hydrogens (tertiary/aromatic N) is 3. The zero-order valence-corrected chi connectivity index (χ0v) is 15.9. The Morgan fingerprint density at radius 3 is 2.72 bits per heavy atom. The van der Waals surface area contributed by atoms with Crippen LogP contribution < -0.4 is 9.64 Å². The molecule has 0 radical (unpaired) electrons. The Labute approximate surface area is 166 Å². The number of carbonyl (C=O) groups excluding carboxylic acids is 1. The van der Waals surface area contributed by atoms with Crippen LogP contribution in [0.2, 0.25) is 0 Å². The van der Waals surface area contributed by atoms with Crippen molar-refractivity contribution in [2.45, 2.75) is 6.92 Å². The van der Waals surface area contributed by atoms with Crippen molar-refractivity contribution in [2.75, 3.05) is 31.2 Å². The second-order valence-corrected chi connectivity index (χ2v) is 6.87. The molecule has 3 heterocycles. The first-order valence-electron chi connectivity index (χ1n) is 9.50. The molecule has 0 N–H and O–H groups in total. The molecule has 5 rings (SSSR count). The van der Waals surface area contributed by atoms with Gasteiger partial charge in [0.15, 0.2) is 17.2 Å². The molecule has 2 aromatic heterocycles. The van der Waals surface area contributed by atoms with E-state index in [1.165, 1.54) is 6.92 Å². The molecule has 1 saturated heterocycles. The molecule has 29 heavy (non-hydrogen) atoms. The number of fused-ring (bicyclic) bond motifs is 3. The number of anilines is 1. The van der Waals surface area contributed by atoms with Crippen LogP contribution in [0.3, 0.4) is 0 Å². The van der Waals surface area contributed by atoms with Crippen LogP contribution in [0.15, 0.2) is 52.9 Å². The van der Waals surface area contributed by atoms with Gasteiger partial charge in [-0.15, -0.1) is 0 Å². The Bertz CT molecular complexity index is 1210. The van der Waals surface area contributed by atoms with Crippen LogP contribution in [-0.4, -0.2) is 42.2 Å². The molecule has 2 aromatic carbocycles. The van der Waals surface area contributed by atoms with Crippen LogP contribution >= 0.6 is 0 Å². The highest BCUT2D eigenvalue weighted by atomic mass is 16.5. The Morgan fingerprint density at radius 1 is 1.07 bits per heavy atom. The number of aromatic nitrogens is 2. The van der Waals surface area contributed by atoms with E-state index in [1.807, 2.05) is 36.4 Å². The molecule has 0 bridgehead atoms. The van der Waals surface area contributed by atoms with Crippen molar-refractivity contribution in [2.24, 2.45) is 0 Å². The maximum atomic E-state index is 11.3. The third kappa shape index (κ3) is 3.30. The van der Waals surface area contributed by atoms with Crippen molar-refractivity contribution in [1.82, 2.24) is 9.97 Å². The monoisotopic (exact) mass is 389 g/mol. The van der Waals surface area contributed by atoms with Gasteiger partial charge in [0.2, 0.25) is 0 Å². The summed E-state index contributed by atoms with van der Waals surface area (Å²) >= 11 is 0. The predicted molar refractivity (Wildman–Crippen MR) is 109 cm³/mol. The van der Waals surface area contributed by atoms with E-state index < -0.39 is 0 Å². The largest absolute Gasteiger partial charge is 0.450 e. The van der Waals surface area contributed by atoms with E-state index in [1.54, 1.807) is 12.1 Å². The minimum absolute atomic E-state index is 0.367. The van der Waals surface area contributed by atoms with Crippen molar-refractivity contribution in [3.8, 4) is 17.1 Å². The summed E-state index contributed by atoms with van der Waals surface area (Å²) in [6.07, 6.45) is 0. The number of benzene rings is 2. The van der Waals surface area contributed by atoms with Gasteiger partial charge in [0.1, 0.15) is 16.8 Å². The summed E-state index contributed by atoms with van der Waals surface area (Å²) in [6.45, 7) is 4.13. The molecule has 146 valence electrons. The minimum Gasteiger partial charge on any atom is -0.450 e. The molecular weight excluding hydrogens is 370 g/mol. The Hall–Kier alpha value is -3.45. The smallest absolute Gasteiger partial charge is 0.308 e. The van der Waals surface area contributed by atoms with Gasteiger partial charge in [-0.2, -0.15) is 0 Å². The zero-order valence-electron chi connectivity index (χ0n) is 15.9. The minimum atomic E-state index is -0.367. The lowest BCUT2D eigenvalue weighted by atomic mass is 10.2. The van der Waals surface area contributed by atoms with E-state index in [0.717, 1.165) is 41.0 Å². The topological polar surface area (TPSA) is 77.7 Å². The molecule has 7 nitrogen and oxygen atoms in total. The van der Waals surface area contributed by atoms with Crippen LogP contribution in [0.1, 0.15) is 6.92 Å². The molecule has 1 fully saturated rings. The van der Waals surface area contributed by atoms with Crippen LogP contribution in [0.4, 0.5) is 5.82 Å². The lowest BCUT2D eigenvalue weighted by Gasteiger charge is -2.27. The molecular formula is C22H19N3O4. The molecule has 0 aliphatic carbocycles. The van der Waals surface area contributed by atoms with Crippen LogP contribution in [-0.2, 0) is 9.53 Å². The summed E-state index contributed by atoms with van der Waals surface area (Å²) in [5, 5.41) is 0.941. The molecule has 1 aliphatic heterocycles. The molecule has 0 saturated carbocycles. The Kier molecular flexibility index (Phi) is 4.37. The van der Waals surface area contributed by atoms with Crippen molar-refractivity contribution < 1.29 is 18.7 Å². The fourth-order valence-corrected chi connectivity index (χ4v) is 3.56.